The third-order valence-corrected chi connectivity index (χ3v) is 5.61. The number of ketones is 2. The summed E-state index contributed by atoms with van der Waals surface area (Å²) in [7, 11) is 0. The number of rotatable bonds is 8. The van der Waals surface area contributed by atoms with Crippen molar-refractivity contribution in [2.75, 3.05) is 6.54 Å². The molecule has 0 spiro atoms. The van der Waals surface area contributed by atoms with E-state index in [0.717, 1.165) is 18.4 Å². The van der Waals surface area contributed by atoms with Gasteiger partial charge in [-0.1, -0.05) is 69.2 Å². The highest BCUT2D eigenvalue weighted by atomic mass is 16.3. The van der Waals surface area contributed by atoms with Crippen LogP contribution in [-0.4, -0.2) is 39.8 Å². The Morgan fingerprint density at radius 3 is 2.50 bits per heavy atom. The molecular formula is C24H33NO3. The minimum absolute atomic E-state index is 0.105. The summed E-state index contributed by atoms with van der Waals surface area (Å²) < 4.78 is 0. The SMILES string of the molecule is CCC(=O)C1=CN(CCc2ccccc2)[C@H](/C(C)=C/[C@@H](C)CC)[C@](C)(O)C1=O. The van der Waals surface area contributed by atoms with Crippen molar-refractivity contribution in [1.82, 2.24) is 4.90 Å². The van der Waals surface area contributed by atoms with Gasteiger partial charge in [-0.3, -0.25) is 9.59 Å². The number of allylic oxidation sites excluding steroid dienone is 1. The van der Waals surface area contributed by atoms with Crippen LogP contribution in [0.15, 0.2) is 53.8 Å². The Bertz CT molecular complexity index is 761. The first-order chi connectivity index (χ1) is 13.2. The molecule has 0 saturated heterocycles. The molecule has 1 aromatic rings. The third-order valence-electron chi connectivity index (χ3n) is 5.61. The van der Waals surface area contributed by atoms with Crippen molar-refractivity contribution >= 4 is 11.6 Å². The predicted octanol–water partition coefficient (Wildman–Crippen LogP) is 4.09. The molecule has 2 rings (SSSR count). The van der Waals surface area contributed by atoms with Gasteiger partial charge in [0.2, 0.25) is 5.78 Å². The first kappa shape index (κ1) is 22.1. The Labute approximate surface area is 168 Å². The first-order valence-electron chi connectivity index (χ1n) is 10.2. The minimum Gasteiger partial charge on any atom is -0.379 e. The second kappa shape index (κ2) is 9.33. The van der Waals surface area contributed by atoms with Gasteiger partial charge in [0.15, 0.2) is 5.78 Å². The van der Waals surface area contributed by atoms with Gasteiger partial charge in [0.25, 0.3) is 0 Å². The summed E-state index contributed by atoms with van der Waals surface area (Å²) in [5, 5.41) is 11.2. The Morgan fingerprint density at radius 1 is 1.29 bits per heavy atom. The summed E-state index contributed by atoms with van der Waals surface area (Å²) in [5.74, 6) is -0.348. The zero-order valence-corrected chi connectivity index (χ0v) is 17.7. The number of benzene rings is 1. The number of Topliss-reactive ketones (excluding diaryl/α,β-unsaturated/α-hetero) is 2. The normalized spacial score (nSPS) is 24.1. The molecule has 1 heterocycles. The highest BCUT2D eigenvalue weighted by Gasteiger charge is 2.48. The summed E-state index contributed by atoms with van der Waals surface area (Å²) in [4.78, 5) is 27.3. The molecule has 1 aliphatic rings. The molecule has 1 aliphatic heterocycles. The van der Waals surface area contributed by atoms with E-state index in [2.05, 4.69) is 32.1 Å². The fourth-order valence-electron chi connectivity index (χ4n) is 3.87. The number of carbonyl (C=O) groups is 2. The van der Waals surface area contributed by atoms with Crippen LogP contribution in [0.3, 0.4) is 0 Å². The molecule has 0 aromatic heterocycles. The van der Waals surface area contributed by atoms with Crippen LogP contribution in [0.2, 0.25) is 0 Å². The highest BCUT2D eigenvalue weighted by Crippen LogP contribution is 2.33. The average Bonchev–Trinajstić information content (AvgIpc) is 2.68. The van der Waals surface area contributed by atoms with Crippen LogP contribution < -0.4 is 0 Å². The van der Waals surface area contributed by atoms with Gasteiger partial charge in [0, 0.05) is 19.2 Å². The number of hydrogen-bond acceptors (Lipinski definition) is 4. The van der Waals surface area contributed by atoms with Gasteiger partial charge in [-0.15, -0.1) is 0 Å². The Morgan fingerprint density at radius 2 is 1.93 bits per heavy atom. The Hall–Kier alpha value is -2.20. The topological polar surface area (TPSA) is 57.6 Å². The van der Waals surface area contributed by atoms with E-state index >= 15 is 0 Å². The van der Waals surface area contributed by atoms with Crippen LogP contribution in [0, 0.1) is 5.92 Å². The van der Waals surface area contributed by atoms with E-state index in [1.165, 1.54) is 5.56 Å². The van der Waals surface area contributed by atoms with E-state index in [1.807, 2.05) is 30.0 Å². The second-order valence-electron chi connectivity index (χ2n) is 7.97. The maximum Gasteiger partial charge on any atom is 0.201 e. The Kier molecular flexibility index (Phi) is 7.36. The largest absolute Gasteiger partial charge is 0.379 e. The van der Waals surface area contributed by atoms with E-state index in [1.54, 1.807) is 20.0 Å². The van der Waals surface area contributed by atoms with Crippen molar-refractivity contribution < 1.29 is 14.7 Å². The number of nitrogens with zero attached hydrogens (tertiary/aromatic N) is 1. The van der Waals surface area contributed by atoms with Crippen LogP contribution in [0.1, 0.15) is 53.0 Å². The van der Waals surface area contributed by atoms with Gasteiger partial charge in [-0.25, -0.2) is 0 Å². The number of carbonyl (C=O) groups excluding carboxylic acids is 2. The monoisotopic (exact) mass is 383 g/mol. The van der Waals surface area contributed by atoms with Gasteiger partial charge in [0.05, 0.1) is 11.6 Å². The van der Waals surface area contributed by atoms with Crippen molar-refractivity contribution in [2.24, 2.45) is 5.92 Å². The van der Waals surface area contributed by atoms with Gasteiger partial charge >= 0.3 is 0 Å². The lowest BCUT2D eigenvalue weighted by Gasteiger charge is -2.44. The molecule has 28 heavy (non-hydrogen) atoms. The fourth-order valence-corrected chi connectivity index (χ4v) is 3.87. The van der Waals surface area contributed by atoms with Crippen LogP contribution in [0.5, 0.6) is 0 Å². The molecule has 0 saturated carbocycles. The second-order valence-corrected chi connectivity index (χ2v) is 7.97. The van der Waals surface area contributed by atoms with E-state index in [0.29, 0.717) is 12.5 Å². The highest BCUT2D eigenvalue weighted by molar-refractivity contribution is 6.23. The summed E-state index contributed by atoms with van der Waals surface area (Å²) in [6.07, 6.45) is 5.80. The molecule has 4 nitrogen and oxygen atoms in total. The van der Waals surface area contributed by atoms with Crippen molar-refractivity contribution in [3.63, 3.8) is 0 Å². The molecule has 1 N–H and O–H groups in total. The van der Waals surface area contributed by atoms with Crippen molar-refractivity contribution in [3.05, 3.63) is 59.3 Å². The fraction of sp³-hybridized carbons (Fsp3) is 0.500. The molecule has 4 heteroatoms. The van der Waals surface area contributed by atoms with Gasteiger partial charge in [0.1, 0.15) is 5.60 Å². The standard InChI is InChI=1S/C24H33NO3/c1-6-17(3)15-18(4)22-24(5,28)23(27)20(21(26)7-2)16-25(22)14-13-19-11-9-8-10-12-19/h8-12,15-17,22,28H,6-7,13-14H2,1-5H3/b18-15+/t17-,22+,24-/m0/s1. The molecule has 0 fully saturated rings. The first-order valence-corrected chi connectivity index (χ1v) is 10.2. The molecular weight excluding hydrogens is 350 g/mol. The zero-order chi connectivity index (χ0) is 20.9. The van der Waals surface area contributed by atoms with Gasteiger partial charge < -0.3 is 10.0 Å². The quantitative estimate of drug-likeness (QED) is 0.543. The van der Waals surface area contributed by atoms with Gasteiger partial charge in [-0.05, 0) is 31.7 Å². The van der Waals surface area contributed by atoms with Crippen molar-refractivity contribution in [1.29, 1.82) is 0 Å². The summed E-state index contributed by atoms with van der Waals surface area (Å²) in [5.41, 5.74) is 0.603. The van der Waals surface area contributed by atoms with Crippen LogP contribution in [0.25, 0.3) is 0 Å². The summed E-state index contributed by atoms with van der Waals surface area (Å²) in [6.45, 7) is 10.1. The molecule has 0 amide bonds. The Balaban J connectivity index is 2.44. The number of hydrogen-bond donors (Lipinski definition) is 1. The molecule has 0 bridgehead atoms. The smallest absolute Gasteiger partial charge is 0.201 e. The lowest BCUT2D eigenvalue weighted by molar-refractivity contribution is -0.140. The van der Waals surface area contributed by atoms with Crippen LogP contribution >= 0.6 is 0 Å². The maximum atomic E-state index is 12.9. The molecule has 3 atom stereocenters. The van der Waals surface area contributed by atoms with Crippen molar-refractivity contribution in [2.45, 2.75) is 65.5 Å². The molecule has 152 valence electrons. The van der Waals surface area contributed by atoms with Crippen LogP contribution in [0.4, 0.5) is 0 Å². The van der Waals surface area contributed by atoms with E-state index in [-0.39, 0.29) is 17.8 Å². The lowest BCUT2D eigenvalue weighted by atomic mass is 9.78. The average molecular weight is 384 g/mol. The molecule has 0 unspecified atom stereocenters. The molecule has 0 radical (unpaired) electrons. The zero-order valence-electron chi connectivity index (χ0n) is 17.7. The maximum absolute atomic E-state index is 12.9. The van der Waals surface area contributed by atoms with Crippen molar-refractivity contribution in [3.8, 4) is 0 Å². The number of aliphatic hydroxyl groups is 1. The summed E-state index contributed by atoms with van der Waals surface area (Å²) >= 11 is 0. The predicted molar refractivity (Wildman–Crippen MR) is 113 cm³/mol. The van der Waals surface area contributed by atoms with E-state index in [9.17, 15) is 14.7 Å². The third kappa shape index (κ3) is 4.79. The molecule has 0 aliphatic carbocycles. The minimum atomic E-state index is -1.64. The molecule has 1 aromatic carbocycles. The van der Waals surface area contributed by atoms with Gasteiger partial charge in [-0.2, -0.15) is 0 Å². The van der Waals surface area contributed by atoms with E-state index < -0.39 is 17.4 Å². The van der Waals surface area contributed by atoms with E-state index in [4.69, 9.17) is 0 Å². The lowest BCUT2D eigenvalue weighted by Crippen LogP contribution is -2.59. The van der Waals surface area contributed by atoms with Crippen LogP contribution in [-0.2, 0) is 16.0 Å². The summed E-state index contributed by atoms with van der Waals surface area (Å²) in [6, 6.07) is 9.62.